The molecule has 8 nitrogen and oxygen atoms in total. The van der Waals surface area contributed by atoms with E-state index in [1.807, 2.05) is 24.3 Å². The lowest BCUT2D eigenvalue weighted by Gasteiger charge is -2.10. The molecule has 1 aromatic heterocycles. The number of carbonyl (C=O) groups is 1. The SMILES string of the molecule is O=C(/C=C/c1ccc([N+](=O)[O-])cc1)Nc1ccc2ncnc(Nc3cccc(Br)c3)c2c1. The van der Waals surface area contributed by atoms with Crippen LogP contribution in [0.2, 0.25) is 0 Å². The van der Waals surface area contributed by atoms with E-state index in [-0.39, 0.29) is 11.6 Å². The van der Waals surface area contributed by atoms with E-state index in [0.29, 0.717) is 17.1 Å². The lowest BCUT2D eigenvalue weighted by Crippen LogP contribution is -2.07. The molecule has 3 aromatic carbocycles. The van der Waals surface area contributed by atoms with E-state index in [9.17, 15) is 14.9 Å². The third-order valence-electron chi connectivity index (χ3n) is 4.52. The largest absolute Gasteiger partial charge is 0.340 e. The second-order valence-electron chi connectivity index (χ2n) is 6.76. The minimum Gasteiger partial charge on any atom is -0.340 e. The molecule has 0 radical (unpaired) electrons. The summed E-state index contributed by atoms with van der Waals surface area (Å²) in [6.45, 7) is 0. The molecule has 0 aliphatic heterocycles. The second-order valence-corrected chi connectivity index (χ2v) is 7.68. The Morgan fingerprint density at radius 1 is 1.00 bits per heavy atom. The van der Waals surface area contributed by atoms with Crippen molar-refractivity contribution in [2.24, 2.45) is 0 Å². The molecule has 9 heteroatoms. The third kappa shape index (κ3) is 5.13. The fourth-order valence-electron chi connectivity index (χ4n) is 3.00. The monoisotopic (exact) mass is 489 g/mol. The number of nitro groups is 1. The van der Waals surface area contributed by atoms with Gasteiger partial charge in [0, 0.05) is 39.4 Å². The molecule has 0 aliphatic carbocycles. The molecule has 0 fully saturated rings. The van der Waals surface area contributed by atoms with Crippen molar-refractivity contribution in [2.75, 3.05) is 10.6 Å². The number of nitrogens with one attached hydrogen (secondary N) is 2. The first-order chi connectivity index (χ1) is 15.5. The fourth-order valence-corrected chi connectivity index (χ4v) is 3.40. The van der Waals surface area contributed by atoms with Crippen LogP contribution < -0.4 is 10.6 Å². The molecule has 1 amide bonds. The highest BCUT2D eigenvalue weighted by atomic mass is 79.9. The second kappa shape index (κ2) is 9.36. The molecule has 0 atom stereocenters. The Kier molecular flexibility index (Phi) is 6.18. The number of halogens is 1. The minimum atomic E-state index is -0.469. The number of rotatable bonds is 6. The number of hydrogen-bond acceptors (Lipinski definition) is 6. The summed E-state index contributed by atoms with van der Waals surface area (Å²) in [7, 11) is 0. The van der Waals surface area contributed by atoms with Gasteiger partial charge in [0.2, 0.25) is 5.91 Å². The number of non-ortho nitro benzene ring substituents is 1. The molecule has 2 N–H and O–H groups in total. The number of nitro benzene ring substituents is 1. The summed E-state index contributed by atoms with van der Waals surface area (Å²) in [4.78, 5) is 31.2. The minimum absolute atomic E-state index is 0.00254. The van der Waals surface area contributed by atoms with E-state index in [1.54, 1.807) is 36.4 Å². The summed E-state index contributed by atoms with van der Waals surface area (Å²) in [5, 5.41) is 17.6. The highest BCUT2D eigenvalue weighted by Gasteiger charge is 2.08. The zero-order chi connectivity index (χ0) is 22.5. The zero-order valence-corrected chi connectivity index (χ0v) is 18.1. The quantitative estimate of drug-likeness (QED) is 0.204. The maximum absolute atomic E-state index is 12.4. The maximum Gasteiger partial charge on any atom is 0.269 e. The van der Waals surface area contributed by atoms with Gasteiger partial charge < -0.3 is 10.6 Å². The maximum atomic E-state index is 12.4. The third-order valence-corrected chi connectivity index (χ3v) is 5.01. The molecule has 0 aliphatic rings. The van der Waals surface area contributed by atoms with Crippen molar-refractivity contribution in [1.82, 2.24) is 9.97 Å². The van der Waals surface area contributed by atoms with Gasteiger partial charge in [0.15, 0.2) is 0 Å². The average Bonchev–Trinajstić information content (AvgIpc) is 2.78. The number of anilines is 3. The van der Waals surface area contributed by atoms with Crippen molar-refractivity contribution in [3.8, 4) is 0 Å². The van der Waals surface area contributed by atoms with Crippen LogP contribution in [0.15, 0.2) is 83.6 Å². The van der Waals surface area contributed by atoms with Crippen molar-refractivity contribution >= 4 is 61.7 Å². The summed E-state index contributed by atoms with van der Waals surface area (Å²) in [5.41, 5.74) is 2.86. The first-order valence-corrected chi connectivity index (χ1v) is 10.3. The van der Waals surface area contributed by atoms with Crippen molar-refractivity contribution in [3.05, 3.63) is 99.3 Å². The summed E-state index contributed by atoms with van der Waals surface area (Å²) in [5.74, 6) is 0.284. The van der Waals surface area contributed by atoms with Crippen LogP contribution in [-0.4, -0.2) is 20.8 Å². The van der Waals surface area contributed by atoms with Crippen LogP contribution >= 0.6 is 15.9 Å². The zero-order valence-electron chi connectivity index (χ0n) is 16.5. The van der Waals surface area contributed by atoms with Gasteiger partial charge in [-0.25, -0.2) is 9.97 Å². The number of nitrogens with zero attached hydrogens (tertiary/aromatic N) is 3. The van der Waals surface area contributed by atoms with E-state index >= 15 is 0 Å². The average molecular weight is 490 g/mol. The lowest BCUT2D eigenvalue weighted by atomic mass is 10.2. The lowest BCUT2D eigenvalue weighted by molar-refractivity contribution is -0.384. The van der Waals surface area contributed by atoms with Gasteiger partial charge in [0.25, 0.3) is 5.69 Å². The highest BCUT2D eigenvalue weighted by Crippen LogP contribution is 2.27. The standard InChI is InChI=1S/C23H16BrN5O3/c24-16-2-1-3-17(12-16)28-23-20-13-18(7-10-21(20)25-14-26-23)27-22(30)11-6-15-4-8-19(9-5-15)29(31)32/h1-14H,(H,27,30)(H,25,26,28)/b11-6+. The Hall–Kier alpha value is -4.11. The molecule has 4 rings (SSSR count). The van der Waals surface area contributed by atoms with Crippen molar-refractivity contribution in [3.63, 3.8) is 0 Å². The Balaban J connectivity index is 1.51. The van der Waals surface area contributed by atoms with E-state index in [4.69, 9.17) is 0 Å². The number of benzene rings is 3. The number of fused-ring (bicyclic) bond motifs is 1. The Bertz CT molecular complexity index is 1340. The van der Waals surface area contributed by atoms with Gasteiger partial charge in [-0.15, -0.1) is 0 Å². The van der Waals surface area contributed by atoms with Crippen LogP contribution in [0.1, 0.15) is 5.56 Å². The van der Waals surface area contributed by atoms with Crippen LogP contribution in [-0.2, 0) is 4.79 Å². The molecular weight excluding hydrogens is 474 g/mol. The number of aromatic nitrogens is 2. The van der Waals surface area contributed by atoms with Gasteiger partial charge in [-0.2, -0.15) is 0 Å². The fraction of sp³-hybridized carbons (Fsp3) is 0. The normalized spacial score (nSPS) is 10.9. The predicted octanol–water partition coefficient (Wildman–Crippen LogP) is 5.70. The summed E-state index contributed by atoms with van der Waals surface area (Å²) < 4.78 is 0.939. The molecule has 4 aromatic rings. The molecule has 32 heavy (non-hydrogen) atoms. The predicted molar refractivity (Wildman–Crippen MR) is 128 cm³/mol. The van der Waals surface area contributed by atoms with E-state index in [2.05, 4.69) is 36.5 Å². The number of amides is 1. The van der Waals surface area contributed by atoms with Gasteiger partial charge in [-0.3, -0.25) is 14.9 Å². The molecule has 1 heterocycles. The Labute approximate surface area is 191 Å². The van der Waals surface area contributed by atoms with Gasteiger partial charge in [-0.05, 0) is 60.2 Å². The van der Waals surface area contributed by atoms with Crippen molar-refractivity contribution in [1.29, 1.82) is 0 Å². The highest BCUT2D eigenvalue weighted by molar-refractivity contribution is 9.10. The van der Waals surface area contributed by atoms with Gasteiger partial charge in [0.1, 0.15) is 12.1 Å². The van der Waals surface area contributed by atoms with Crippen LogP contribution in [0, 0.1) is 10.1 Å². The van der Waals surface area contributed by atoms with Crippen molar-refractivity contribution < 1.29 is 9.72 Å². The van der Waals surface area contributed by atoms with Crippen LogP contribution in [0.5, 0.6) is 0 Å². The van der Waals surface area contributed by atoms with E-state index < -0.39 is 4.92 Å². The smallest absolute Gasteiger partial charge is 0.269 e. The first-order valence-electron chi connectivity index (χ1n) is 9.49. The molecule has 0 saturated heterocycles. The van der Waals surface area contributed by atoms with E-state index in [0.717, 1.165) is 21.1 Å². The summed E-state index contributed by atoms with van der Waals surface area (Å²) in [6.07, 6.45) is 4.44. The molecular formula is C23H16BrN5O3. The van der Waals surface area contributed by atoms with Crippen LogP contribution in [0.25, 0.3) is 17.0 Å². The van der Waals surface area contributed by atoms with Crippen LogP contribution in [0.4, 0.5) is 22.9 Å². The Morgan fingerprint density at radius 3 is 2.56 bits per heavy atom. The summed E-state index contributed by atoms with van der Waals surface area (Å²) >= 11 is 3.45. The topological polar surface area (TPSA) is 110 Å². The number of carbonyl (C=O) groups excluding carboxylic acids is 1. The summed E-state index contributed by atoms with van der Waals surface area (Å²) in [6, 6.07) is 19.0. The number of hydrogen-bond donors (Lipinski definition) is 2. The van der Waals surface area contributed by atoms with E-state index in [1.165, 1.54) is 24.5 Å². The van der Waals surface area contributed by atoms with Gasteiger partial charge in [0.05, 0.1) is 10.4 Å². The van der Waals surface area contributed by atoms with Gasteiger partial charge in [-0.1, -0.05) is 22.0 Å². The Morgan fingerprint density at radius 2 is 1.81 bits per heavy atom. The molecule has 0 saturated carbocycles. The molecule has 0 bridgehead atoms. The molecule has 0 unspecified atom stereocenters. The van der Waals surface area contributed by atoms with Crippen molar-refractivity contribution in [2.45, 2.75) is 0 Å². The molecule has 158 valence electrons. The molecule has 0 spiro atoms. The van der Waals surface area contributed by atoms with Crippen LogP contribution in [0.3, 0.4) is 0 Å². The first kappa shape index (κ1) is 21.1. The van der Waals surface area contributed by atoms with Gasteiger partial charge >= 0.3 is 0 Å².